The first-order chi connectivity index (χ1) is 21.6. The fraction of sp³-hybridized carbons (Fsp3) is 0.342. The number of aryl methyl sites for hydroxylation is 1. The van der Waals surface area contributed by atoms with Crippen LogP contribution in [0.15, 0.2) is 109 Å². The summed E-state index contributed by atoms with van der Waals surface area (Å²) in [5.41, 5.74) is 4.82. The van der Waals surface area contributed by atoms with E-state index in [1.807, 2.05) is 79.7 Å². The van der Waals surface area contributed by atoms with Gasteiger partial charge < -0.3 is 24.1 Å². The third kappa shape index (κ3) is 7.86. The number of aliphatic hydroxyl groups is 1. The lowest BCUT2D eigenvalue weighted by atomic mass is 9.82. The third-order valence-corrected chi connectivity index (χ3v) is 8.75. The Balaban J connectivity index is 1.55. The van der Waals surface area contributed by atoms with Crippen molar-refractivity contribution in [3.05, 3.63) is 143 Å². The van der Waals surface area contributed by atoms with Gasteiger partial charge in [0, 0.05) is 5.56 Å². The lowest BCUT2D eigenvalue weighted by Crippen LogP contribution is -2.63. The van der Waals surface area contributed by atoms with Crippen molar-refractivity contribution in [2.45, 2.75) is 75.7 Å². The summed E-state index contributed by atoms with van der Waals surface area (Å²) in [6, 6.07) is 34.4. The molecule has 1 saturated heterocycles. The Kier molecular flexibility index (Phi) is 10.5. The van der Waals surface area contributed by atoms with Gasteiger partial charge in [-0.05, 0) is 46.7 Å². The van der Waals surface area contributed by atoms with Gasteiger partial charge in [0.2, 0.25) is 0 Å². The summed E-state index contributed by atoms with van der Waals surface area (Å²) in [5, 5.41) is 11.8. The highest BCUT2D eigenvalue weighted by Crippen LogP contribution is 2.47. The Morgan fingerprint density at radius 1 is 0.867 bits per heavy atom. The van der Waals surface area contributed by atoms with Crippen LogP contribution in [0.4, 0.5) is 0 Å². The molecule has 6 nitrogen and oxygen atoms in total. The van der Waals surface area contributed by atoms with Crippen LogP contribution in [0.25, 0.3) is 0 Å². The molecule has 0 saturated carbocycles. The van der Waals surface area contributed by atoms with Crippen LogP contribution in [0.2, 0.25) is 0 Å². The number of rotatable bonds is 10. The normalized spacial score (nSPS) is 23.4. The van der Waals surface area contributed by atoms with Crippen LogP contribution in [-0.2, 0) is 42.5 Å². The molecule has 1 heterocycles. The molecule has 45 heavy (non-hydrogen) atoms. The lowest BCUT2D eigenvalue weighted by Gasteiger charge is -2.50. The van der Waals surface area contributed by atoms with Crippen molar-refractivity contribution in [1.29, 1.82) is 0 Å². The average Bonchev–Trinajstić information content (AvgIpc) is 3.04. The van der Waals surface area contributed by atoms with Crippen LogP contribution in [0.3, 0.4) is 0 Å². The standard InChI is InChI=1S/C38H42O6S/c1-26-20-21-30(37(2,3)4)22-31(26)38(45)35(43-36(40)29-18-12-7-13-19-29)34(42-24-28-16-10-6-11-17-28)33(39)32(44-38)25-41-23-27-14-8-5-9-15-27/h5-22,32-35,39,45H,23-25H2,1-4H3/t32-,33-,34+,35-,38+/m1/s1. The van der Waals surface area contributed by atoms with Gasteiger partial charge in [-0.2, -0.15) is 0 Å². The number of hydrogen-bond donors (Lipinski definition) is 2. The summed E-state index contributed by atoms with van der Waals surface area (Å²) in [7, 11) is 0. The van der Waals surface area contributed by atoms with E-state index in [1.165, 1.54) is 0 Å². The second-order valence-corrected chi connectivity index (χ2v) is 13.2. The summed E-state index contributed by atoms with van der Waals surface area (Å²) >= 11 is 5.22. The number of esters is 1. The molecule has 5 atom stereocenters. The smallest absolute Gasteiger partial charge is 0.338 e. The van der Waals surface area contributed by atoms with Crippen molar-refractivity contribution in [2.75, 3.05) is 6.61 Å². The number of carbonyl (C=O) groups excluding carboxylic acids is 1. The van der Waals surface area contributed by atoms with E-state index in [2.05, 4.69) is 32.9 Å². The van der Waals surface area contributed by atoms with Gasteiger partial charge in [0.1, 0.15) is 18.3 Å². The predicted octanol–water partition coefficient (Wildman–Crippen LogP) is 7.16. The topological polar surface area (TPSA) is 74.2 Å². The van der Waals surface area contributed by atoms with Gasteiger partial charge in [0.15, 0.2) is 11.0 Å². The Morgan fingerprint density at radius 3 is 2.04 bits per heavy atom. The van der Waals surface area contributed by atoms with Gasteiger partial charge in [-0.25, -0.2) is 4.79 Å². The van der Waals surface area contributed by atoms with Gasteiger partial charge in [0.25, 0.3) is 0 Å². The van der Waals surface area contributed by atoms with Crippen molar-refractivity contribution < 1.29 is 28.8 Å². The second-order valence-electron chi connectivity index (χ2n) is 12.6. The second kappa shape index (κ2) is 14.3. The Hall–Kier alpha value is -3.46. The highest BCUT2D eigenvalue weighted by atomic mass is 32.1. The van der Waals surface area contributed by atoms with E-state index in [1.54, 1.807) is 24.3 Å². The first kappa shape index (κ1) is 32.9. The van der Waals surface area contributed by atoms with Gasteiger partial charge in [0.05, 0.1) is 25.4 Å². The van der Waals surface area contributed by atoms with E-state index in [9.17, 15) is 9.90 Å². The molecule has 0 bridgehead atoms. The first-order valence-corrected chi connectivity index (χ1v) is 15.7. The zero-order valence-electron chi connectivity index (χ0n) is 26.3. The highest BCUT2D eigenvalue weighted by Gasteiger charge is 2.57. The van der Waals surface area contributed by atoms with Crippen LogP contribution < -0.4 is 0 Å². The number of carbonyl (C=O) groups is 1. The molecule has 0 radical (unpaired) electrons. The number of thiol groups is 1. The molecule has 1 aliphatic heterocycles. The van der Waals surface area contributed by atoms with Crippen LogP contribution in [0.1, 0.15) is 58.9 Å². The number of ether oxygens (including phenoxy) is 4. The predicted molar refractivity (Wildman–Crippen MR) is 178 cm³/mol. The third-order valence-electron chi connectivity index (χ3n) is 8.14. The molecule has 0 unspecified atom stereocenters. The molecule has 0 aromatic heterocycles. The first-order valence-electron chi connectivity index (χ1n) is 15.3. The molecule has 0 spiro atoms. The van der Waals surface area contributed by atoms with E-state index in [4.69, 9.17) is 31.6 Å². The van der Waals surface area contributed by atoms with Crippen molar-refractivity contribution in [3.8, 4) is 0 Å². The molecule has 1 fully saturated rings. The average molecular weight is 627 g/mol. The van der Waals surface area contributed by atoms with E-state index < -0.39 is 35.3 Å². The van der Waals surface area contributed by atoms with E-state index in [0.29, 0.717) is 12.2 Å². The molecular weight excluding hydrogens is 584 g/mol. The summed E-state index contributed by atoms with van der Waals surface area (Å²) < 4.78 is 25.5. The van der Waals surface area contributed by atoms with Crippen molar-refractivity contribution in [3.63, 3.8) is 0 Å². The molecule has 0 amide bonds. The molecule has 1 aliphatic rings. The van der Waals surface area contributed by atoms with Gasteiger partial charge in [-0.3, -0.25) is 0 Å². The summed E-state index contributed by atoms with van der Waals surface area (Å²) in [5.74, 6) is -0.563. The van der Waals surface area contributed by atoms with Crippen LogP contribution in [0.5, 0.6) is 0 Å². The molecule has 4 aromatic carbocycles. The maximum atomic E-state index is 13.6. The molecule has 4 aromatic rings. The van der Waals surface area contributed by atoms with E-state index in [0.717, 1.165) is 27.8 Å². The fourth-order valence-corrected chi connectivity index (χ4v) is 6.10. The molecule has 5 rings (SSSR count). The van der Waals surface area contributed by atoms with E-state index in [-0.39, 0.29) is 18.6 Å². The number of benzene rings is 4. The molecule has 236 valence electrons. The molecule has 0 aliphatic carbocycles. The Labute approximate surface area is 271 Å². The summed E-state index contributed by atoms with van der Waals surface area (Å²) in [6.07, 6.45) is -4.14. The minimum Gasteiger partial charge on any atom is -0.451 e. The Bertz CT molecular complexity index is 1540. The van der Waals surface area contributed by atoms with Gasteiger partial charge >= 0.3 is 5.97 Å². The lowest BCUT2D eigenvalue weighted by molar-refractivity contribution is -0.261. The molecule has 1 N–H and O–H groups in total. The number of hydrogen-bond acceptors (Lipinski definition) is 7. The minimum absolute atomic E-state index is 0.0704. The monoisotopic (exact) mass is 626 g/mol. The largest absolute Gasteiger partial charge is 0.451 e. The number of aliphatic hydroxyl groups excluding tert-OH is 1. The molecule has 7 heteroatoms. The van der Waals surface area contributed by atoms with Gasteiger partial charge in [-0.15, -0.1) is 12.6 Å². The SMILES string of the molecule is Cc1ccc(C(C)(C)C)cc1[C@@]1(S)O[C@H](COCc2ccccc2)[C@@H](O)[C@H](OCc2ccccc2)[C@H]1OC(=O)c1ccccc1. The summed E-state index contributed by atoms with van der Waals surface area (Å²) in [4.78, 5) is 12.1. The highest BCUT2D eigenvalue weighted by molar-refractivity contribution is 7.81. The van der Waals surface area contributed by atoms with Crippen LogP contribution in [0, 0.1) is 6.92 Å². The molecular formula is C38H42O6S. The van der Waals surface area contributed by atoms with Crippen LogP contribution in [-0.4, -0.2) is 42.1 Å². The van der Waals surface area contributed by atoms with Crippen molar-refractivity contribution in [2.24, 2.45) is 0 Å². The van der Waals surface area contributed by atoms with Crippen molar-refractivity contribution in [1.82, 2.24) is 0 Å². The summed E-state index contributed by atoms with van der Waals surface area (Å²) in [6.45, 7) is 8.98. The quantitative estimate of drug-likeness (QED) is 0.144. The van der Waals surface area contributed by atoms with E-state index >= 15 is 0 Å². The fourth-order valence-electron chi connectivity index (χ4n) is 5.53. The maximum absolute atomic E-state index is 13.6. The zero-order valence-corrected chi connectivity index (χ0v) is 27.2. The Morgan fingerprint density at radius 2 is 1.44 bits per heavy atom. The minimum atomic E-state index is -1.49. The van der Waals surface area contributed by atoms with Crippen molar-refractivity contribution >= 4 is 18.6 Å². The zero-order chi connectivity index (χ0) is 32.0. The maximum Gasteiger partial charge on any atom is 0.338 e. The van der Waals surface area contributed by atoms with Gasteiger partial charge in [-0.1, -0.05) is 118 Å². The van der Waals surface area contributed by atoms with Crippen LogP contribution >= 0.6 is 12.6 Å².